The van der Waals surface area contributed by atoms with Gasteiger partial charge in [-0.3, -0.25) is 9.78 Å². The quantitative estimate of drug-likeness (QED) is 0.269. The number of carbonyl (C=O) groups excluding carboxylic acids is 1. The summed E-state index contributed by atoms with van der Waals surface area (Å²) in [5, 5.41) is 7.79. The number of imidazole rings is 1. The van der Waals surface area contributed by atoms with Crippen LogP contribution >= 0.6 is 11.3 Å². The third kappa shape index (κ3) is 4.84. The molecular weight excluding hydrogens is 482 g/mol. The highest BCUT2D eigenvalue weighted by Gasteiger charge is 2.18. The molecule has 3 N–H and O–H groups in total. The number of thiophene rings is 1. The first kappa shape index (κ1) is 23.7. The molecule has 0 saturated carbocycles. The average molecular weight is 514 g/mol. The number of carbonyl (C=O) groups is 1. The Labute approximate surface area is 219 Å². The molecule has 6 rings (SSSR count). The molecule has 0 bridgehead atoms. The maximum absolute atomic E-state index is 12.8. The van der Waals surface area contributed by atoms with Crippen LogP contribution in [-0.2, 0) is 7.05 Å². The van der Waals surface area contributed by atoms with E-state index in [-0.39, 0.29) is 5.91 Å². The van der Waals surface area contributed by atoms with Crippen LogP contribution in [0.3, 0.4) is 0 Å². The number of hydrogen-bond acceptors (Lipinski definition) is 6. The number of pyridine rings is 1. The first-order valence-corrected chi connectivity index (χ1v) is 13.6. The molecule has 0 unspecified atom stereocenters. The molecule has 9 heteroatoms. The SMILES string of the molecule is Cc1cc2cc(Nc3ccnc4cc(-c5cnc(C(=O)NCCN6CCCCC6)n5C)sc34)ccc2[nH]1. The molecular formula is C28H31N7OS. The lowest BCUT2D eigenvalue weighted by molar-refractivity contribution is 0.0933. The third-order valence-corrected chi connectivity index (χ3v) is 8.23. The number of H-pyrrole nitrogens is 1. The number of aryl methyl sites for hydroxylation is 1. The van der Waals surface area contributed by atoms with Crippen molar-refractivity contribution in [3.05, 3.63) is 60.3 Å². The van der Waals surface area contributed by atoms with E-state index in [1.54, 1.807) is 17.5 Å². The van der Waals surface area contributed by atoms with Gasteiger partial charge in [0.05, 0.1) is 32.7 Å². The van der Waals surface area contributed by atoms with Gasteiger partial charge in [-0.25, -0.2) is 4.98 Å². The highest BCUT2D eigenvalue weighted by atomic mass is 32.1. The van der Waals surface area contributed by atoms with E-state index in [1.165, 1.54) is 24.6 Å². The van der Waals surface area contributed by atoms with E-state index >= 15 is 0 Å². The summed E-state index contributed by atoms with van der Waals surface area (Å²) in [5.41, 5.74) is 6.12. The van der Waals surface area contributed by atoms with Gasteiger partial charge in [-0.15, -0.1) is 11.3 Å². The number of aromatic amines is 1. The van der Waals surface area contributed by atoms with Crippen LogP contribution in [0.2, 0.25) is 0 Å². The minimum atomic E-state index is -0.136. The second-order valence-corrected chi connectivity index (χ2v) is 10.8. The summed E-state index contributed by atoms with van der Waals surface area (Å²) >= 11 is 1.65. The van der Waals surface area contributed by atoms with Crippen LogP contribution in [0.25, 0.3) is 31.7 Å². The Bertz CT molecular complexity index is 1570. The molecule has 1 aromatic carbocycles. The van der Waals surface area contributed by atoms with Gasteiger partial charge in [0.15, 0.2) is 5.82 Å². The summed E-state index contributed by atoms with van der Waals surface area (Å²) in [6.45, 7) is 5.84. The number of benzene rings is 1. The molecule has 1 amide bonds. The van der Waals surface area contributed by atoms with Crippen molar-refractivity contribution in [3.63, 3.8) is 0 Å². The summed E-state index contributed by atoms with van der Waals surface area (Å²) in [6.07, 6.45) is 7.41. The topological polar surface area (TPSA) is 90.9 Å². The molecule has 5 heterocycles. The number of fused-ring (bicyclic) bond motifs is 2. The smallest absolute Gasteiger partial charge is 0.287 e. The minimum Gasteiger partial charge on any atom is -0.359 e. The molecule has 8 nitrogen and oxygen atoms in total. The van der Waals surface area contributed by atoms with Gasteiger partial charge in [-0.2, -0.15) is 0 Å². The van der Waals surface area contributed by atoms with Gasteiger partial charge in [0.1, 0.15) is 0 Å². The Hall–Kier alpha value is -3.69. The van der Waals surface area contributed by atoms with Crippen LogP contribution in [0.15, 0.2) is 48.8 Å². The Kier molecular flexibility index (Phi) is 6.40. The number of anilines is 2. The molecule has 1 fully saturated rings. The molecule has 1 aliphatic rings. The number of nitrogens with one attached hydrogen (secondary N) is 3. The molecule has 190 valence electrons. The van der Waals surface area contributed by atoms with Crippen molar-refractivity contribution in [3.8, 4) is 10.6 Å². The van der Waals surface area contributed by atoms with Gasteiger partial charge in [-0.05, 0) is 69.3 Å². The van der Waals surface area contributed by atoms with Gasteiger partial charge in [-0.1, -0.05) is 6.42 Å². The zero-order valence-electron chi connectivity index (χ0n) is 21.2. The van der Waals surface area contributed by atoms with Crippen LogP contribution in [0.1, 0.15) is 35.6 Å². The van der Waals surface area contributed by atoms with E-state index in [2.05, 4.69) is 67.7 Å². The van der Waals surface area contributed by atoms with E-state index in [9.17, 15) is 4.79 Å². The van der Waals surface area contributed by atoms with Gasteiger partial charge in [0.2, 0.25) is 0 Å². The minimum absolute atomic E-state index is 0.136. The second-order valence-electron chi connectivity index (χ2n) is 9.75. The van der Waals surface area contributed by atoms with E-state index < -0.39 is 0 Å². The monoisotopic (exact) mass is 513 g/mol. The van der Waals surface area contributed by atoms with E-state index in [0.29, 0.717) is 12.4 Å². The number of amides is 1. The van der Waals surface area contributed by atoms with Crippen LogP contribution in [0, 0.1) is 6.92 Å². The fourth-order valence-corrected chi connectivity index (χ4v) is 6.24. The highest BCUT2D eigenvalue weighted by Crippen LogP contribution is 2.38. The number of likely N-dealkylation sites (tertiary alicyclic amines) is 1. The van der Waals surface area contributed by atoms with Gasteiger partial charge in [0, 0.05) is 48.6 Å². The standard InChI is InChI=1S/C28H31N7OS/c1-18-14-19-15-20(6-7-21(19)32-18)33-22-8-9-29-23-16-25(37-26(22)23)24-17-31-27(34(24)2)28(36)30-10-13-35-11-4-3-5-12-35/h6-9,14-17,32H,3-5,10-13H2,1-2H3,(H,29,33)(H,30,36). The molecule has 0 atom stereocenters. The Morgan fingerprint density at radius 3 is 2.84 bits per heavy atom. The largest absolute Gasteiger partial charge is 0.359 e. The average Bonchev–Trinajstić information content (AvgIpc) is 3.60. The number of aromatic nitrogens is 4. The van der Waals surface area contributed by atoms with Gasteiger partial charge in [0.25, 0.3) is 5.91 Å². The summed E-state index contributed by atoms with van der Waals surface area (Å²) in [6, 6.07) is 12.5. The predicted molar refractivity (Wildman–Crippen MR) is 151 cm³/mol. The van der Waals surface area contributed by atoms with Crippen molar-refractivity contribution < 1.29 is 4.79 Å². The highest BCUT2D eigenvalue weighted by molar-refractivity contribution is 7.22. The number of piperidine rings is 1. The molecule has 5 aromatic rings. The molecule has 0 aliphatic carbocycles. The molecule has 1 saturated heterocycles. The summed E-state index contributed by atoms with van der Waals surface area (Å²) in [4.78, 5) is 28.7. The van der Waals surface area contributed by atoms with Crippen molar-refractivity contribution in [1.29, 1.82) is 0 Å². The fourth-order valence-electron chi connectivity index (χ4n) is 5.11. The first-order valence-electron chi connectivity index (χ1n) is 12.8. The van der Waals surface area contributed by atoms with Crippen molar-refractivity contribution in [2.24, 2.45) is 7.05 Å². The molecule has 0 spiro atoms. The maximum atomic E-state index is 12.8. The van der Waals surface area contributed by atoms with Crippen LogP contribution in [0.4, 0.5) is 11.4 Å². The maximum Gasteiger partial charge on any atom is 0.287 e. The second kappa shape index (κ2) is 9.99. The Morgan fingerprint density at radius 2 is 1.97 bits per heavy atom. The fraction of sp³-hybridized carbons (Fsp3) is 0.321. The lowest BCUT2D eigenvalue weighted by atomic mass is 10.1. The zero-order valence-corrected chi connectivity index (χ0v) is 22.0. The van der Waals surface area contributed by atoms with Gasteiger partial charge < -0.3 is 25.1 Å². The van der Waals surface area contributed by atoms with E-state index in [4.69, 9.17) is 0 Å². The first-order chi connectivity index (χ1) is 18.0. The van der Waals surface area contributed by atoms with E-state index in [1.807, 2.05) is 23.9 Å². The van der Waals surface area contributed by atoms with Crippen molar-refractivity contribution >= 4 is 49.7 Å². The normalized spacial score (nSPS) is 14.4. The number of hydrogen-bond donors (Lipinski definition) is 3. The molecule has 4 aromatic heterocycles. The van der Waals surface area contributed by atoms with E-state index in [0.717, 1.165) is 63.0 Å². The molecule has 37 heavy (non-hydrogen) atoms. The van der Waals surface area contributed by atoms with Crippen molar-refractivity contribution in [2.45, 2.75) is 26.2 Å². The molecule has 1 aliphatic heterocycles. The third-order valence-electron chi connectivity index (χ3n) is 7.05. The van der Waals surface area contributed by atoms with Crippen molar-refractivity contribution in [1.82, 2.24) is 29.7 Å². The Balaban J connectivity index is 1.20. The summed E-state index contributed by atoms with van der Waals surface area (Å²) in [7, 11) is 1.90. The summed E-state index contributed by atoms with van der Waals surface area (Å²) in [5.74, 6) is 0.287. The van der Waals surface area contributed by atoms with Crippen LogP contribution in [0.5, 0.6) is 0 Å². The van der Waals surface area contributed by atoms with Gasteiger partial charge >= 0.3 is 0 Å². The van der Waals surface area contributed by atoms with Crippen molar-refractivity contribution in [2.75, 3.05) is 31.5 Å². The molecule has 0 radical (unpaired) electrons. The number of rotatable bonds is 7. The van der Waals surface area contributed by atoms with Crippen LogP contribution < -0.4 is 10.6 Å². The zero-order chi connectivity index (χ0) is 25.4. The lowest BCUT2D eigenvalue weighted by Gasteiger charge is -2.26. The van der Waals surface area contributed by atoms with Crippen LogP contribution in [-0.4, -0.2) is 56.5 Å². The predicted octanol–water partition coefficient (Wildman–Crippen LogP) is 5.45. The number of nitrogens with zero attached hydrogens (tertiary/aromatic N) is 4. The Morgan fingerprint density at radius 1 is 1.11 bits per heavy atom. The lowest BCUT2D eigenvalue weighted by Crippen LogP contribution is -2.38. The summed E-state index contributed by atoms with van der Waals surface area (Å²) < 4.78 is 2.94.